The van der Waals surface area contributed by atoms with Crippen LogP contribution in [0.5, 0.6) is 0 Å². The third kappa shape index (κ3) is 5.47. The van der Waals surface area contributed by atoms with Crippen LogP contribution < -0.4 is 5.32 Å². The van der Waals surface area contributed by atoms with Crippen LogP contribution in [0.4, 0.5) is 5.69 Å². The molecule has 136 valence electrons. The van der Waals surface area contributed by atoms with E-state index in [1.807, 2.05) is 0 Å². The van der Waals surface area contributed by atoms with Crippen LogP contribution in [0.25, 0.3) is 0 Å². The molecule has 2 rings (SSSR count). The Morgan fingerprint density at radius 2 is 1.77 bits per heavy atom. The highest BCUT2D eigenvalue weighted by atomic mass is 35.5. The predicted molar refractivity (Wildman–Crippen MR) is 97.8 cm³/mol. The van der Waals surface area contributed by atoms with E-state index in [-0.39, 0.29) is 22.8 Å². The van der Waals surface area contributed by atoms with Crippen LogP contribution in [-0.4, -0.2) is 31.1 Å². The van der Waals surface area contributed by atoms with Gasteiger partial charge in [-0.3, -0.25) is 4.79 Å². The summed E-state index contributed by atoms with van der Waals surface area (Å²) in [5.74, 6) is -1.84. The molecule has 0 aromatic heterocycles. The molecule has 0 aliphatic rings. The molecule has 0 saturated heterocycles. The number of benzene rings is 2. The highest BCUT2D eigenvalue weighted by Crippen LogP contribution is 2.21. The first-order valence-electron chi connectivity index (χ1n) is 7.60. The minimum Gasteiger partial charge on any atom is -0.462 e. The summed E-state index contributed by atoms with van der Waals surface area (Å²) in [5, 5.41) is 3.10. The Morgan fingerprint density at radius 3 is 2.46 bits per heavy atom. The van der Waals surface area contributed by atoms with Gasteiger partial charge in [-0.1, -0.05) is 29.3 Å². The fourth-order valence-electron chi connectivity index (χ4n) is 2.00. The first-order chi connectivity index (χ1) is 12.4. The zero-order valence-corrected chi connectivity index (χ0v) is 15.3. The zero-order valence-electron chi connectivity index (χ0n) is 13.8. The maximum atomic E-state index is 11.9. The van der Waals surface area contributed by atoms with E-state index in [0.29, 0.717) is 10.7 Å². The molecule has 26 heavy (non-hydrogen) atoms. The molecule has 2 aromatic rings. The minimum atomic E-state index is -0.675. The van der Waals surface area contributed by atoms with Crippen LogP contribution in [-0.2, 0) is 14.3 Å². The van der Waals surface area contributed by atoms with Crippen LogP contribution >= 0.6 is 23.2 Å². The summed E-state index contributed by atoms with van der Waals surface area (Å²) in [6.07, 6.45) is 0. The van der Waals surface area contributed by atoms with Crippen molar-refractivity contribution in [1.82, 2.24) is 0 Å². The van der Waals surface area contributed by atoms with Gasteiger partial charge in [0.1, 0.15) is 0 Å². The molecule has 8 heteroatoms. The number of rotatable bonds is 6. The highest BCUT2D eigenvalue weighted by molar-refractivity contribution is 6.33. The maximum absolute atomic E-state index is 11.9. The molecule has 0 heterocycles. The summed E-state index contributed by atoms with van der Waals surface area (Å²) in [7, 11) is 0. The van der Waals surface area contributed by atoms with E-state index in [2.05, 4.69) is 5.32 Å². The summed E-state index contributed by atoms with van der Waals surface area (Å²) in [6, 6.07) is 10.5. The van der Waals surface area contributed by atoms with Gasteiger partial charge in [0.2, 0.25) is 0 Å². The van der Waals surface area contributed by atoms with Crippen LogP contribution in [0.3, 0.4) is 0 Å². The number of carbonyl (C=O) groups excluding carboxylic acids is 3. The molecule has 0 aliphatic heterocycles. The van der Waals surface area contributed by atoms with Crippen LogP contribution in [0.2, 0.25) is 10.0 Å². The predicted octanol–water partition coefficient (Wildman–Crippen LogP) is 3.97. The van der Waals surface area contributed by atoms with E-state index in [9.17, 15) is 14.4 Å². The molecule has 0 radical (unpaired) electrons. The average molecular weight is 396 g/mol. The summed E-state index contributed by atoms with van der Waals surface area (Å²) < 4.78 is 9.82. The number of ether oxygens (including phenoxy) is 2. The Hall–Kier alpha value is -2.57. The molecule has 0 bridgehead atoms. The molecule has 0 atom stereocenters. The third-order valence-corrected chi connectivity index (χ3v) is 3.70. The van der Waals surface area contributed by atoms with Gasteiger partial charge in [0.25, 0.3) is 5.91 Å². The lowest BCUT2D eigenvalue weighted by molar-refractivity contribution is -0.119. The molecule has 0 fully saturated rings. The van der Waals surface area contributed by atoms with Crippen molar-refractivity contribution in [2.75, 3.05) is 18.5 Å². The smallest absolute Gasteiger partial charge is 0.339 e. The van der Waals surface area contributed by atoms with E-state index < -0.39 is 24.5 Å². The molecule has 0 aliphatic carbocycles. The number of halogens is 2. The van der Waals surface area contributed by atoms with Gasteiger partial charge in [0, 0.05) is 10.7 Å². The van der Waals surface area contributed by atoms with Crippen LogP contribution in [0.1, 0.15) is 27.6 Å². The standard InChI is InChI=1S/C18H15Cl2NO5/c1-2-25-18(24)14-9-13(6-7-15(14)20)21-16(22)10-26-17(23)11-4-3-5-12(19)8-11/h3-9H,2,10H2,1H3,(H,21,22). The Kier molecular flexibility index (Phi) is 7.00. The Morgan fingerprint density at radius 1 is 1.00 bits per heavy atom. The Balaban J connectivity index is 1.96. The Bertz CT molecular complexity index is 838. The largest absolute Gasteiger partial charge is 0.462 e. The van der Waals surface area contributed by atoms with Gasteiger partial charge < -0.3 is 14.8 Å². The van der Waals surface area contributed by atoms with Gasteiger partial charge in [-0.15, -0.1) is 0 Å². The van der Waals surface area contributed by atoms with Crippen molar-refractivity contribution in [2.45, 2.75) is 6.92 Å². The van der Waals surface area contributed by atoms with Crippen LogP contribution in [0, 0.1) is 0 Å². The fourth-order valence-corrected chi connectivity index (χ4v) is 2.38. The topological polar surface area (TPSA) is 81.7 Å². The quantitative estimate of drug-likeness (QED) is 0.748. The van der Waals surface area contributed by atoms with E-state index in [1.54, 1.807) is 19.1 Å². The number of hydrogen-bond acceptors (Lipinski definition) is 5. The molecule has 1 amide bonds. The lowest BCUT2D eigenvalue weighted by Gasteiger charge is -2.09. The number of carbonyl (C=O) groups is 3. The van der Waals surface area contributed by atoms with Crippen molar-refractivity contribution in [3.8, 4) is 0 Å². The summed E-state index contributed by atoms with van der Waals surface area (Å²) in [6.45, 7) is 1.37. The lowest BCUT2D eigenvalue weighted by atomic mass is 10.2. The molecular formula is C18H15Cl2NO5. The van der Waals surface area contributed by atoms with Gasteiger partial charge >= 0.3 is 11.9 Å². The first kappa shape index (κ1) is 19.8. The van der Waals surface area contributed by atoms with Crippen molar-refractivity contribution in [3.05, 3.63) is 63.6 Å². The van der Waals surface area contributed by atoms with Crippen molar-refractivity contribution < 1.29 is 23.9 Å². The van der Waals surface area contributed by atoms with Crippen molar-refractivity contribution >= 4 is 46.7 Å². The fraction of sp³-hybridized carbons (Fsp3) is 0.167. The molecule has 1 N–H and O–H groups in total. The normalized spacial score (nSPS) is 10.1. The summed E-state index contributed by atoms with van der Waals surface area (Å²) in [4.78, 5) is 35.6. The number of anilines is 1. The Labute approximate surface area is 160 Å². The minimum absolute atomic E-state index is 0.127. The highest BCUT2D eigenvalue weighted by Gasteiger charge is 2.14. The molecule has 0 unspecified atom stereocenters. The molecule has 0 spiro atoms. The molecule has 0 saturated carbocycles. The number of amides is 1. The SMILES string of the molecule is CCOC(=O)c1cc(NC(=O)COC(=O)c2cccc(Cl)c2)ccc1Cl. The first-order valence-corrected chi connectivity index (χ1v) is 8.35. The third-order valence-electron chi connectivity index (χ3n) is 3.14. The van der Waals surface area contributed by atoms with Crippen molar-refractivity contribution in [2.24, 2.45) is 0 Å². The summed E-state index contributed by atoms with van der Waals surface area (Å²) >= 11 is 11.8. The van der Waals surface area contributed by atoms with Gasteiger partial charge in [-0.2, -0.15) is 0 Å². The van der Waals surface area contributed by atoms with Crippen molar-refractivity contribution in [1.29, 1.82) is 0 Å². The summed E-state index contributed by atoms with van der Waals surface area (Å²) in [5.41, 5.74) is 0.685. The monoisotopic (exact) mass is 395 g/mol. The van der Waals surface area contributed by atoms with E-state index in [4.69, 9.17) is 32.7 Å². The van der Waals surface area contributed by atoms with Gasteiger partial charge in [-0.05, 0) is 43.3 Å². The number of hydrogen-bond donors (Lipinski definition) is 1. The van der Waals surface area contributed by atoms with E-state index in [0.717, 1.165) is 0 Å². The van der Waals surface area contributed by atoms with Crippen LogP contribution in [0.15, 0.2) is 42.5 Å². The maximum Gasteiger partial charge on any atom is 0.339 e. The van der Waals surface area contributed by atoms with Crippen molar-refractivity contribution in [3.63, 3.8) is 0 Å². The molecule has 2 aromatic carbocycles. The number of esters is 2. The molecular weight excluding hydrogens is 381 g/mol. The zero-order chi connectivity index (χ0) is 19.1. The molecule has 6 nitrogen and oxygen atoms in total. The lowest BCUT2D eigenvalue weighted by Crippen LogP contribution is -2.21. The van der Waals surface area contributed by atoms with Gasteiger partial charge in [0.05, 0.1) is 22.8 Å². The van der Waals surface area contributed by atoms with Gasteiger partial charge in [0.15, 0.2) is 6.61 Å². The second kappa shape index (κ2) is 9.22. The second-order valence-electron chi connectivity index (χ2n) is 5.05. The van der Waals surface area contributed by atoms with Gasteiger partial charge in [-0.25, -0.2) is 9.59 Å². The number of nitrogens with one attached hydrogen (secondary N) is 1. The van der Waals surface area contributed by atoms with E-state index >= 15 is 0 Å². The average Bonchev–Trinajstić information content (AvgIpc) is 2.61. The van der Waals surface area contributed by atoms with E-state index in [1.165, 1.54) is 30.3 Å². The second-order valence-corrected chi connectivity index (χ2v) is 5.89.